The molecule has 3 saturated carbocycles. The molecule has 28 unspecified atom stereocenters. The van der Waals surface area contributed by atoms with E-state index in [2.05, 4.69) is 40.3 Å². The van der Waals surface area contributed by atoms with Gasteiger partial charge in [-0.3, -0.25) is 13.8 Å². The van der Waals surface area contributed by atoms with Gasteiger partial charge in [0.1, 0.15) is 109 Å². The van der Waals surface area contributed by atoms with E-state index in [1.54, 1.807) is 0 Å². The standard InChI is InChI=1S/C60H94O29S.Na/c1-25(2)12-11-17-59(9)49-32(81-27(4)62)20-58(8)29-13-14-35-56(5,6)36(16-18-57(35,7)28(29)15-19-60(49,58)55(72)88-59)83-53-47(39(67)34(24-79-53)89-90(73,74)75)87-54-48(86-50-40(68)37(65)30(63)22-77-50)41(69)44(26(3)80-54)84-51-42(70)45(31(64)23-78-51)85-52-43(71)46(76-10)38(66)33(21-61)82-52;/h13,26,28,30-54,61,63-71H,1,11-12,14-24H2,2-10H3,(H,73,74,75);/q;+1/p-1/t26?,28?,30?,31?,32-,33?,34?,35?,36?,37?,38?,39?,40?,41?,42?,43?,44?,45?,46?,47?,48?,49?,50?,51?,52?,53?,54?,57?,58-,59-,60?;/m0./s1. The number of hydrogen-bond donors (Lipinski definition) is 10. The van der Waals surface area contributed by atoms with Crippen LogP contribution >= 0.6 is 0 Å². The quantitative estimate of drug-likeness (QED) is 0.0192. The fraction of sp³-hybridized carbons (Fsp3) is 0.900. The van der Waals surface area contributed by atoms with Crippen LogP contribution in [0, 0.1) is 39.4 Å². The molecule has 6 aliphatic heterocycles. The van der Waals surface area contributed by atoms with E-state index in [1.165, 1.54) is 21.0 Å². The third-order valence-corrected chi connectivity index (χ3v) is 22.4. The van der Waals surface area contributed by atoms with Crippen molar-refractivity contribution in [3.8, 4) is 0 Å². The van der Waals surface area contributed by atoms with E-state index >= 15 is 0 Å². The second-order valence-corrected chi connectivity index (χ2v) is 28.9. The number of ether oxygens (including phenoxy) is 13. The minimum absolute atomic E-state index is 0. The average molecular weight is 1330 g/mol. The van der Waals surface area contributed by atoms with E-state index in [0.717, 1.165) is 24.0 Å². The average Bonchev–Trinajstić information content (AvgIpc) is 1.53. The van der Waals surface area contributed by atoms with Crippen LogP contribution in [0.2, 0.25) is 0 Å². The van der Waals surface area contributed by atoms with Gasteiger partial charge in [0.2, 0.25) is 10.4 Å². The second kappa shape index (κ2) is 28.0. The van der Waals surface area contributed by atoms with E-state index in [-0.39, 0.29) is 58.7 Å². The first-order valence-corrected chi connectivity index (χ1v) is 32.6. The smallest absolute Gasteiger partial charge is 0.726 e. The molecule has 31 atom stereocenters. The number of rotatable bonds is 19. The van der Waals surface area contributed by atoms with Gasteiger partial charge in [-0.05, 0) is 101 Å². The summed E-state index contributed by atoms with van der Waals surface area (Å²) >= 11 is 0. The number of esters is 2. The van der Waals surface area contributed by atoms with Gasteiger partial charge in [0.15, 0.2) is 31.5 Å². The largest absolute Gasteiger partial charge is 1.00 e. The molecule has 0 aromatic rings. The van der Waals surface area contributed by atoms with Gasteiger partial charge in [0, 0.05) is 19.4 Å². The van der Waals surface area contributed by atoms with Crippen LogP contribution in [0.4, 0.5) is 0 Å². The molecule has 6 saturated heterocycles. The van der Waals surface area contributed by atoms with Crippen molar-refractivity contribution in [1.82, 2.24) is 0 Å². The third kappa shape index (κ3) is 13.5. The second-order valence-electron chi connectivity index (χ2n) is 27.9. The summed E-state index contributed by atoms with van der Waals surface area (Å²) in [5.41, 5.74) is -1.49. The monoisotopic (exact) mass is 1330 g/mol. The first kappa shape index (κ1) is 73.7. The van der Waals surface area contributed by atoms with Crippen molar-refractivity contribution < 1.29 is 169 Å². The summed E-state index contributed by atoms with van der Waals surface area (Å²) in [6.07, 6.45) is -31.7. The number of aliphatic hydroxyl groups excluding tert-OH is 10. The molecule has 514 valence electrons. The van der Waals surface area contributed by atoms with Crippen molar-refractivity contribution in [2.45, 2.75) is 266 Å². The number of cyclic esters (lactones) is 1. The minimum atomic E-state index is -5.51. The molecular formula is C60H93NaO29S. The number of allylic oxidation sites excluding steroid dienone is 3. The molecule has 0 radical (unpaired) electrons. The van der Waals surface area contributed by atoms with Gasteiger partial charge in [-0.1, -0.05) is 44.9 Å². The van der Waals surface area contributed by atoms with Crippen LogP contribution in [0.15, 0.2) is 23.8 Å². The van der Waals surface area contributed by atoms with Gasteiger partial charge >= 0.3 is 41.5 Å². The Morgan fingerprint density at radius 1 is 0.714 bits per heavy atom. The molecule has 10 N–H and O–H groups in total. The van der Waals surface area contributed by atoms with E-state index in [1.807, 2.05) is 13.8 Å². The Morgan fingerprint density at radius 3 is 1.98 bits per heavy atom. The van der Waals surface area contributed by atoms with Gasteiger partial charge in [-0.25, -0.2) is 8.42 Å². The zero-order valence-corrected chi connectivity index (χ0v) is 56.0. The van der Waals surface area contributed by atoms with Crippen LogP contribution in [0.5, 0.6) is 0 Å². The SMILES string of the molecule is C=C(C)CCC[C@]1(C)OC(=O)C23CCC4C(=CCC5C(C)(C)C(OC6OCC(OS(=O)(=O)[O-])C(O)C6OC6OC(C)C(OC7OCC(O)C(OC8OC(CO)C(O)C(OC)C8O)C7O)C(O)C6OC6OCC(O)C(O)C6O)CCC45C)[C@]2(C)C[C@H](OC(C)=O)C31.[Na+]. The van der Waals surface area contributed by atoms with E-state index in [0.29, 0.717) is 44.9 Å². The number of carbonyl (C=O) groups is 2. The molecule has 0 aromatic carbocycles. The van der Waals surface area contributed by atoms with Crippen molar-refractivity contribution in [1.29, 1.82) is 0 Å². The summed E-state index contributed by atoms with van der Waals surface area (Å²) in [6.45, 7) is 16.7. The maximum Gasteiger partial charge on any atom is 1.00 e. The molecule has 4 aliphatic carbocycles. The number of aliphatic hydroxyl groups is 10. The van der Waals surface area contributed by atoms with E-state index < -0.39 is 212 Å². The molecule has 1 spiro atoms. The van der Waals surface area contributed by atoms with Crippen molar-refractivity contribution in [3.05, 3.63) is 23.8 Å². The topological polar surface area (TPSA) is 423 Å². The number of fused-ring (bicyclic) bond motifs is 4. The van der Waals surface area contributed by atoms with Crippen LogP contribution in [-0.4, -0.2) is 263 Å². The van der Waals surface area contributed by atoms with Crippen LogP contribution < -0.4 is 29.6 Å². The maximum atomic E-state index is 14.8. The summed E-state index contributed by atoms with van der Waals surface area (Å²) in [6, 6.07) is 0. The molecule has 0 amide bonds. The summed E-state index contributed by atoms with van der Waals surface area (Å²) in [7, 11) is -4.32. The molecule has 0 aromatic heterocycles. The summed E-state index contributed by atoms with van der Waals surface area (Å²) in [5, 5.41) is 111. The Balaban J connectivity index is 0.00000980. The molecule has 91 heavy (non-hydrogen) atoms. The van der Waals surface area contributed by atoms with Crippen molar-refractivity contribution in [2.24, 2.45) is 39.4 Å². The van der Waals surface area contributed by atoms with Gasteiger partial charge in [-0.15, -0.1) is 6.58 Å². The zero-order valence-electron chi connectivity index (χ0n) is 53.2. The predicted octanol–water partition coefficient (Wildman–Crippen LogP) is -4.26. The van der Waals surface area contributed by atoms with Crippen LogP contribution in [0.1, 0.15) is 113 Å². The molecular weight excluding hydrogens is 1240 g/mol. The van der Waals surface area contributed by atoms with Gasteiger partial charge in [0.05, 0.1) is 50.0 Å². The fourth-order valence-corrected chi connectivity index (χ4v) is 18.0. The van der Waals surface area contributed by atoms with Crippen LogP contribution in [-0.2, 0) is 85.8 Å². The van der Waals surface area contributed by atoms with Crippen molar-refractivity contribution >= 4 is 22.3 Å². The number of hydrogen-bond acceptors (Lipinski definition) is 29. The van der Waals surface area contributed by atoms with E-state index in [4.69, 9.17) is 65.8 Å². The van der Waals surface area contributed by atoms with Gasteiger partial charge < -0.3 is 117 Å². The normalized spacial score (nSPS) is 49.6. The molecule has 10 aliphatic rings. The van der Waals surface area contributed by atoms with Gasteiger partial charge in [-0.2, -0.15) is 0 Å². The molecule has 29 nitrogen and oxygen atoms in total. The predicted molar refractivity (Wildman–Crippen MR) is 300 cm³/mol. The Bertz CT molecular complexity index is 2730. The minimum Gasteiger partial charge on any atom is -0.726 e. The van der Waals surface area contributed by atoms with Gasteiger partial charge in [0.25, 0.3) is 0 Å². The van der Waals surface area contributed by atoms with Crippen LogP contribution in [0.25, 0.3) is 0 Å². The third-order valence-electron chi connectivity index (χ3n) is 22.0. The molecule has 6 heterocycles. The first-order valence-electron chi connectivity index (χ1n) is 31.2. The van der Waals surface area contributed by atoms with Crippen molar-refractivity contribution in [3.63, 3.8) is 0 Å². The first-order chi connectivity index (χ1) is 42.2. The van der Waals surface area contributed by atoms with Crippen LogP contribution in [0.3, 0.4) is 0 Å². The summed E-state index contributed by atoms with van der Waals surface area (Å²) in [4.78, 5) is 27.6. The Labute approximate surface area is 551 Å². The Hall–Kier alpha value is -1.55. The maximum absolute atomic E-state index is 14.8. The van der Waals surface area contributed by atoms with E-state index in [9.17, 15) is 73.6 Å². The molecule has 10 rings (SSSR count). The zero-order chi connectivity index (χ0) is 65.7. The molecule has 0 bridgehead atoms. The number of methoxy groups -OCH3 is 1. The Kier molecular flexibility index (Phi) is 22.7. The fourth-order valence-electron chi connectivity index (χ4n) is 17.6. The Morgan fingerprint density at radius 2 is 1.33 bits per heavy atom. The summed E-state index contributed by atoms with van der Waals surface area (Å²) in [5.74, 6) is -1.18. The van der Waals surface area contributed by atoms with Crippen molar-refractivity contribution in [2.75, 3.05) is 33.5 Å². The summed E-state index contributed by atoms with van der Waals surface area (Å²) < 4.78 is 120. The molecule has 9 fully saturated rings. The molecule has 31 heteroatoms. The number of carbonyl (C=O) groups excluding carboxylic acids is 2.